The van der Waals surface area contributed by atoms with E-state index in [4.69, 9.17) is 22.1 Å². The van der Waals surface area contributed by atoms with E-state index in [2.05, 4.69) is 15.0 Å². The molecule has 4 rings (SSSR count). The van der Waals surface area contributed by atoms with Crippen molar-refractivity contribution in [2.45, 2.75) is 39.3 Å². The fourth-order valence-corrected chi connectivity index (χ4v) is 4.07. The molecule has 11 heteroatoms. The first kappa shape index (κ1) is 22.8. The molecule has 1 aliphatic rings. The summed E-state index contributed by atoms with van der Waals surface area (Å²) < 4.78 is 7.21. The van der Waals surface area contributed by atoms with E-state index in [9.17, 15) is 9.59 Å². The highest BCUT2D eigenvalue weighted by atomic mass is 35.5. The fourth-order valence-electron chi connectivity index (χ4n) is 3.91. The Morgan fingerprint density at radius 2 is 1.97 bits per heavy atom. The Morgan fingerprint density at radius 3 is 2.61 bits per heavy atom. The zero-order valence-corrected chi connectivity index (χ0v) is 19.7. The number of nitrogens with zero attached hydrogens (tertiary/aromatic N) is 6. The minimum atomic E-state index is -0.600. The van der Waals surface area contributed by atoms with Crippen LogP contribution in [-0.4, -0.2) is 67.7 Å². The third-order valence-electron chi connectivity index (χ3n) is 5.34. The van der Waals surface area contributed by atoms with Gasteiger partial charge in [0, 0.05) is 49.2 Å². The van der Waals surface area contributed by atoms with Gasteiger partial charge in [0.1, 0.15) is 23.6 Å². The van der Waals surface area contributed by atoms with Gasteiger partial charge >= 0.3 is 6.09 Å². The van der Waals surface area contributed by atoms with Gasteiger partial charge in [-0.25, -0.2) is 19.7 Å². The summed E-state index contributed by atoms with van der Waals surface area (Å²) >= 11 is 6.14. The number of hydrogen-bond acceptors (Lipinski definition) is 7. The van der Waals surface area contributed by atoms with Gasteiger partial charge in [-0.1, -0.05) is 11.6 Å². The van der Waals surface area contributed by atoms with Crippen LogP contribution in [0.1, 0.15) is 38.1 Å². The third-order valence-corrected chi connectivity index (χ3v) is 5.57. The van der Waals surface area contributed by atoms with Crippen molar-refractivity contribution in [3.05, 3.63) is 41.4 Å². The lowest BCUT2D eigenvalue weighted by Crippen LogP contribution is -2.55. The Kier molecular flexibility index (Phi) is 5.87. The maximum atomic E-state index is 12.6. The standard InChI is InChI=1S/C22H26ClN7O3/c1-13-10-28(7-8-29(13)21(32)33-22(2,3)4)19-17-15(18(24)31)11-30(20(17)27-12-26-19)16-9-14(23)5-6-25-16/h5-6,9,11-13H,7-8,10H2,1-4H3,(H2,24,31)/t13-/m1/s1. The van der Waals surface area contributed by atoms with Crippen LogP contribution in [0.3, 0.4) is 0 Å². The topological polar surface area (TPSA) is 119 Å². The first-order chi connectivity index (χ1) is 15.5. The van der Waals surface area contributed by atoms with Crippen LogP contribution in [0.15, 0.2) is 30.9 Å². The molecular formula is C22H26ClN7O3. The third kappa shape index (κ3) is 4.56. The molecule has 3 aromatic heterocycles. The van der Waals surface area contributed by atoms with Gasteiger partial charge in [-0.05, 0) is 33.8 Å². The average Bonchev–Trinajstić information content (AvgIpc) is 3.12. The van der Waals surface area contributed by atoms with Crippen LogP contribution in [0.5, 0.6) is 0 Å². The minimum absolute atomic E-state index is 0.132. The molecule has 1 aliphatic heterocycles. The number of fused-ring (bicyclic) bond motifs is 1. The van der Waals surface area contributed by atoms with Gasteiger partial charge in [0.2, 0.25) is 0 Å². The summed E-state index contributed by atoms with van der Waals surface area (Å²) in [6, 6.07) is 3.21. The Bertz CT molecular complexity index is 1220. The highest BCUT2D eigenvalue weighted by molar-refractivity contribution is 6.30. The molecule has 0 aromatic carbocycles. The summed E-state index contributed by atoms with van der Waals surface area (Å²) in [7, 11) is 0. The molecule has 0 radical (unpaired) electrons. The molecule has 33 heavy (non-hydrogen) atoms. The van der Waals surface area contributed by atoms with Crippen LogP contribution in [-0.2, 0) is 4.74 Å². The van der Waals surface area contributed by atoms with Gasteiger partial charge in [0.25, 0.3) is 5.91 Å². The van der Waals surface area contributed by atoms with E-state index in [1.54, 1.807) is 34.0 Å². The van der Waals surface area contributed by atoms with Gasteiger partial charge in [0.05, 0.1) is 10.9 Å². The highest BCUT2D eigenvalue weighted by Gasteiger charge is 2.33. The molecule has 1 saturated heterocycles. The second-order valence-electron chi connectivity index (χ2n) is 8.97. The smallest absolute Gasteiger partial charge is 0.410 e. The monoisotopic (exact) mass is 471 g/mol. The summed E-state index contributed by atoms with van der Waals surface area (Å²) in [5, 5.41) is 1.04. The van der Waals surface area contributed by atoms with Gasteiger partial charge < -0.3 is 20.3 Å². The molecule has 1 atom stereocenters. The van der Waals surface area contributed by atoms with Crippen LogP contribution in [0.2, 0.25) is 5.02 Å². The Hall–Kier alpha value is -3.40. The largest absolute Gasteiger partial charge is 0.444 e. The molecule has 2 amide bonds. The second kappa shape index (κ2) is 8.51. The molecule has 4 heterocycles. The van der Waals surface area contributed by atoms with Crippen molar-refractivity contribution in [2.24, 2.45) is 5.73 Å². The van der Waals surface area contributed by atoms with Gasteiger partial charge in [0.15, 0.2) is 5.65 Å². The fraction of sp³-hybridized carbons (Fsp3) is 0.409. The van der Waals surface area contributed by atoms with Gasteiger partial charge in [-0.2, -0.15) is 0 Å². The number of rotatable bonds is 3. The van der Waals surface area contributed by atoms with Crippen molar-refractivity contribution in [1.29, 1.82) is 0 Å². The number of ether oxygens (including phenoxy) is 1. The van der Waals surface area contributed by atoms with E-state index in [0.717, 1.165) is 0 Å². The van der Waals surface area contributed by atoms with Crippen LogP contribution in [0, 0.1) is 0 Å². The lowest BCUT2D eigenvalue weighted by molar-refractivity contribution is 0.0158. The van der Waals surface area contributed by atoms with E-state index in [0.29, 0.717) is 47.3 Å². The maximum Gasteiger partial charge on any atom is 0.410 e. The number of amides is 2. The quantitative estimate of drug-likeness (QED) is 0.623. The van der Waals surface area contributed by atoms with Crippen molar-refractivity contribution in [3.63, 3.8) is 0 Å². The summed E-state index contributed by atoms with van der Waals surface area (Å²) in [6.45, 7) is 8.93. The molecule has 3 aromatic rings. The summed E-state index contributed by atoms with van der Waals surface area (Å²) in [5.41, 5.74) is 5.91. The number of aromatic nitrogens is 4. The zero-order chi connectivity index (χ0) is 23.9. The summed E-state index contributed by atoms with van der Waals surface area (Å²) in [4.78, 5) is 41.8. The zero-order valence-electron chi connectivity index (χ0n) is 18.9. The SMILES string of the molecule is C[C@@H]1CN(c2ncnc3c2c(C(N)=O)cn3-c2cc(Cl)ccn2)CCN1C(=O)OC(C)(C)C. The molecule has 1 fully saturated rings. The van der Waals surface area contributed by atoms with Crippen LogP contribution in [0.4, 0.5) is 10.6 Å². The maximum absolute atomic E-state index is 12.6. The molecule has 0 spiro atoms. The van der Waals surface area contributed by atoms with Crippen molar-refractivity contribution in [3.8, 4) is 5.82 Å². The predicted octanol–water partition coefficient (Wildman–Crippen LogP) is 3.01. The van der Waals surface area contributed by atoms with Crippen molar-refractivity contribution < 1.29 is 14.3 Å². The average molecular weight is 472 g/mol. The minimum Gasteiger partial charge on any atom is -0.444 e. The van der Waals surface area contributed by atoms with Gasteiger partial charge in [-0.15, -0.1) is 0 Å². The number of carbonyl (C=O) groups excluding carboxylic acids is 2. The van der Waals surface area contributed by atoms with Crippen molar-refractivity contribution >= 4 is 40.5 Å². The molecule has 0 aliphatic carbocycles. The molecule has 0 saturated carbocycles. The Balaban J connectivity index is 1.71. The van der Waals surface area contributed by atoms with E-state index < -0.39 is 11.5 Å². The van der Waals surface area contributed by atoms with E-state index in [1.807, 2.05) is 32.6 Å². The molecule has 0 unspecified atom stereocenters. The molecular weight excluding hydrogens is 446 g/mol. The normalized spacial score (nSPS) is 16.8. The lowest BCUT2D eigenvalue weighted by atomic mass is 10.1. The predicted molar refractivity (Wildman–Crippen MR) is 125 cm³/mol. The molecule has 0 bridgehead atoms. The number of piperazine rings is 1. The Labute approximate surface area is 196 Å². The molecule has 10 nitrogen and oxygen atoms in total. The van der Waals surface area contributed by atoms with Crippen LogP contribution >= 0.6 is 11.6 Å². The van der Waals surface area contributed by atoms with E-state index in [1.165, 1.54) is 6.33 Å². The van der Waals surface area contributed by atoms with Crippen LogP contribution in [0.25, 0.3) is 16.9 Å². The summed E-state index contributed by atoms with van der Waals surface area (Å²) in [6.07, 6.45) is 4.27. The molecule has 174 valence electrons. The number of halogens is 1. The number of pyridine rings is 1. The number of hydrogen-bond donors (Lipinski definition) is 1. The number of nitrogens with two attached hydrogens (primary N) is 1. The van der Waals surface area contributed by atoms with E-state index in [-0.39, 0.29) is 17.7 Å². The first-order valence-corrected chi connectivity index (χ1v) is 11.0. The number of carbonyl (C=O) groups is 2. The molecule has 2 N–H and O–H groups in total. The van der Waals surface area contributed by atoms with Crippen molar-refractivity contribution in [2.75, 3.05) is 24.5 Å². The first-order valence-electron chi connectivity index (χ1n) is 10.6. The van der Waals surface area contributed by atoms with Gasteiger partial charge in [-0.3, -0.25) is 9.36 Å². The summed E-state index contributed by atoms with van der Waals surface area (Å²) in [5.74, 6) is 0.482. The number of primary amides is 1. The Morgan fingerprint density at radius 1 is 1.21 bits per heavy atom. The van der Waals surface area contributed by atoms with Crippen LogP contribution < -0.4 is 10.6 Å². The second-order valence-corrected chi connectivity index (χ2v) is 9.41. The van der Waals surface area contributed by atoms with E-state index >= 15 is 0 Å². The highest BCUT2D eigenvalue weighted by Crippen LogP contribution is 2.31. The lowest BCUT2D eigenvalue weighted by Gasteiger charge is -2.40. The number of anilines is 1. The van der Waals surface area contributed by atoms with Crippen molar-refractivity contribution in [1.82, 2.24) is 24.4 Å².